The fraction of sp³-hybridized carbons (Fsp3) is 0.250. The van der Waals surface area contributed by atoms with Crippen molar-refractivity contribution in [3.8, 4) is 0 Å². The first-order valence-corrected chi connectivity index (χ1v) is 6.24. The molecule has 1 aliphatic rings. The molecule has 0 aliphatic carbocycles. The van der Waals surface area contributed by atoms with Gasteiger partial charge in [-0.15, -0.1) is 24.8 Å². The SMILES string of the molecule is CC1(C)Cc2ccccc2C(c2ccncc2)=N1.Cl.Cl. The molecule has 1 aromatic carbocycles. The highest BCUT2D eigenvalue weighted by atomic mass is 35.5. The summed E-state index contributed by atoms with van der Waals surface area (Å²) in [5.74, 6) is 0. The van der Waals surface area contributed by atoms with E-state index in [1.807, 2.05) is 24.5 Å². The van der Waals surface area contributed by atoms with Crippen molar-refractivity contribution in [3.05, 3.63) is 65.5 Å². The molecule has 0 unspecified atom stereocenters. The third kappa shape index (κ3) is 3.20. The van der Waals surface area contributed by atoms with E-state index in [2.05, 4.69) is 43.1 Å². The molecule has 1 aromatic heterocycles. The summed E-state index contributed by atoms with van der Waals surface area (Å²) in [5, 5.41) is 0. The van der Waals surface area contributed by atoms with Crippen LogP contribution < -0.4 is 0 Å². The molecule has 2 aromatic rings. The summed E-state index contributed by atoms with van der Waals surface area (Å²) in [6.07, 6.45) is 4.64. The van der Waals surface area contributed by atoms with Crippen molar-refractivity contribution in [2.75, 3.05) is 0 Å². The van der Waals surface area contributed by atoms with Crippen LogP contribution in [0.1, 0.15) is 30.5 Å². The second-order valence-electron chi connectivity index (χ2n) is 5.34. The summed E-state index contributed by atoms with van der Waals surface area (Å²) >= 11 is 0. The first-order chi connectivity index (χ1) is 8.66. The smallest absolute Gasteiger partial charge is 0.0729 e. The average Bonchev–Trinajstić information content (AvgIpc) is 2.38. The lowest BCUT2D eigenvalue weighted by molar-refractivity contribution is 0.513. The molecule has 0 N–H and O–H groups in total. The maximum absolute atomic E-state index is 4.91. The van der Waals surface area contributed by atoms with Gasteiger partial charge in [-0.1, -0.05) is 24.3 Å². The van der Waals surface area contributed by atoms with E-state index in [9.17, 15) is 0 Å². The number of nitrogens with zero attached hydrogens (tertiary/aromatic N) is 2. The molecule has 0 saturated carbocycles. The Kier molecular flexibility index (Phi) is 5.32. The molecule has 0 fully saturated rings. The lowest BCUT2D eigenvalue weighted by Gasteiger charge is -2.29. The number of pyridine rings is 1. The number of halogens is 2. The Bertz CT molecular complexity index is 607. The molecule has 0 radical (unpaired) electrons. The molecule has 1 aliphatic heterocycles. The van der Waals surface area contributed by atoms with Crippen LogP contribution in [0.5, 0.6) is 0 Å². The average molecular weight is 309 g/mol. The van der Waals surface area contributed by atoms with E-state index in [0.29, 0.717) is 0 Å². The van der Waals surface area contributed by atoms with Crippen LogP contribution in [0.3, 0.4) is 0 Å². The van der Waals surface area contributed by atoms with E-state index in [1.54, 1.807) is 0 Å². The molecule has 0 bridgehead atoms. The third-order valence-electron chi connectivity index (χ3n) is 3.26. The Morgan fingerprint density at radius 3 is 2.30 bits per heavy atom. The van der Waals surface area contributed by atoms with Gasteiger partial charge >= 0.3 is 0 Å². The summed E-state index contributed by atoms with van der Waals surface area (Å²) in [7, 11) is 0. The molecule has 0 spiro atoms. The van der Waals surface area contributed by atoms with Gasteiger partial charge in [-0.25, -0.2) is 0 Å². The highest BCUT2D eigenvalue weighted by Gasteiger charge is 2.26. The van der Waals surface area contributed by atoms with Gasteiger partial charge < -0.3 is 0 Å². The van der Waals surface area contributed by atoms with Gasteiger partial charge in [0.15, 0.2) is 0 Å². The van der Waals surface area contributed by atoms with E-state index < -0.39 is 0 Å². The fourth-order valence-electron chi connectivity index (χ4n) is 2.50. The number of fused-ring (bicyclic) bond motifs is 1. The van der Waals surface area contributed by atoms with Crippen molar-refractivity contribution in [1.82, 2.24) is 4.98 Å². The summed E-state index contributed by atoms with van der Waals surface area (Å²) in [5.41, 5.74) is 4.83. The lowest BCUT2D eigenvalue weighted by Crippen LogP contribution is -2.29. The van der Waals surface area contributed by atoms with Gasteiger partial charge in [-0.05, 0) is 38.0 Å². The molecule has 0 atom stereocenters. The summed E-state index contributed by atoms with van der Waals surface area (Å²) in [6.45, 7) is 4.37. The van der Waals surface area contributed by atoms with Crippen molar-refractivity contribution < 1.29 is 0 Å². The largest absolute Gasteiger partial charge is 0.278 e. The van der Waals surface area contributed by atoms with Crippen molar-refractivity contribution in [2.45, 2.75) is 25.8 Å². The van der Waals surface area contributed by atoms with Crippen molar-refractivity contribution in [3.63, 3.8) is 0 Å². The Morgan fingerprint density at radius 2 is 1.60 bits per heavy atom. The first-order valence-electron chi connectivity index (χ1n) is 6.24. The quantitative estimate of drug-likeness (QED) is 0.778. The van der Waals surface area contributed by atoms with Crippen LogP contribution in [0.15, 0.2) is 53.8 Å². The normalized spacial score (nSPS) is 15.2. The summed E-state index contributed by atoms with van der Waals surface area (Å²) in [4.78, 5) is 8.99. The molecular weight excluding hydrogens is 291 g/mol. The van der Waals surface area contributed by atoms with Crippen molar-refractivity contribution in [1.29, 1.82) is 0 Å². The first kappa shape index (κ1) is 16.7. The van der Waals surface area contributed by atoms with E-state index in [-0.39, 0.29) is 30.4 Å². The van der Waals surface area contributed by atoms with Crippen LogP contribution in [0.25, 0.3) is 0 Å². The van der Waals surface area contributed by atoms with Gasteiger partial charge in [0.1, 0.15) is 0 Å². The molecule has 2 nitrogen and oxygen atoms in total. The number of benzene rings is 1. The van der Waals surface area contributed by atoms with E-state index >= 15 is 0 Å². The maximum atomic E-state index is 4.91. The molecule has 4 heteroatoms. The highest BCUT2D eigenvalue weighted by Crippen LogP contribution is 2.28. The zero-order chi connectivity index (χ0) is 12.6. The molecule has 2 heterocycles. The minimum atomic E-state index is -0.0348. The van der Waals surface area contributed by atoms with E-state index in [4.69, 9.17) is 4.99 Å². The second-order valence-corrected chi connectivity index (χ2v) is 5.34. The standard InChI is InChI=1S/C16H16N2.2ClH/c1-16(2)11-13-5-3-4-6-14(13)15(18-16)12-7-9-17-10-8-12;;/h3-10H,11H2,1-2H3;2*1H. The predicted molar refractivity (Wildman–Crippen MR) is 88.6 cm³/mol. The predicted octanol–water partition coefficient (Wildman–Crippen LogP) is 4.10. The third-order valence-corrected chi connectivity index (χ3v) is 3.26. The second kappa shape index (κ2) is 6.38. The number of hydrogen-bond donors (Lipinski definition) is 0. The van der Waals surface area contributed by atoms with E-state index in [1.165, 1.54) is 11.1 Å². The van der Waals surface area contributed by atoms with Gasteiger partial charge in [-0.2, -0.15) is 0 Å². The topological polar surface area (TPSA) is 25.2 Å². The molecule has 3 rings (SSSR count). The van der Waals surface area contributed by atoms with Crippen molar-refractivity contribution in [2.24, 2.45) is 4.99 Å². The zero-order valence-electron chi connectivity index (χ0n) is 11.5. The summed E-state index contributed by atoms with van der Waals surface area (Å²) in [6, 6.07) is 12.6. The van der Waals surface area contributed by atoms with Crippen LogP contribution in [0.2, 0.25) is 0 Å². The summed E-state index contributed by atoms with van der Waals surface area (Å²) < 4.78 is 0. The van der Waals surface area contributed by atoms with Gasteiger partial charge in [0.2, 0.25) is 0 Å². The zero-order valence-corrected chi connectivity index (χ0v) is 13.2. The molecule has 106 valence electrons. The lowest BCUT2D eigenvalue weighted by atomic mass is 9.85. The minimum absolute atomic E-state index is 0. The molecule has 0 amide bonds. The van der Waals surface area contributed by atoms with Crippen LogP contribution in [0, 0.1) is 0 Å². The Morgan fingerprint density at radius 1 is 0.950 bits per heavy atom. The van der Waals surface area contributed by atoms with Crippen LogP contribution in [-0.2, 0) is 6.42 Å². The van der Waals surface area contributed by atoms with Crippen molar-refractivity contribution >= 4 is 30.5 Å². The number of aromatic nitrogens is 1. The van der Waals surface area contributed by atoms with Crippen LogP contribution >= 0.6 is 24.8 Å². The minimum Gasteiger partial charge on any atom is -0.278 e. The molecular formula is C16H18Cl2N2. The molecule has 20 heavy (non-hydrogen) atoms. The van der Waals surface area contributed by atoms with Crippen LogP contribution in [-0.4, -0.2) is 16.2 Å². The van der Waals surface area contributed by atoms with Crippen LogP contribution in [0.4, 0.5) is 0 Å². The van der Waals surface area contributed by atoms with Gasteiger partial charge in [-0.3, -0.25) is 9.98 Å². The fourth-order valence-corrected chi connectivity index (χ4v) is 2.50. The number of aliphatic imine (C=N–C) groups is 1. The highest BCUT2D eigenvalue weighted by molar-refractivity contribution is 6.14. The van der Waals surface area contributed by atoms with Gasteiger partial charge in [0.05, 0.1) is 11.3 Å². The Hall–Kier alpha value is -1.38. The molecule has 0 saturated heterocycles. The Labute approximate surface area is 132 Å². The van der Waals surface area contributed by atoms with Gasteiger partial charge in [0, 0.05) is 23.5 Å². The number of hydrogen-bond acceptors (Lipinski definition) is 2. The number of rotatable bonds is 1. The van der Waals surface area contributed by atoms with E-state index in [0.717, 1.165) is 17.7 Å². The maximum Gasteiger partial charge on any atom is 0.0729 e. The Balaban J connectivity index is 0.000001000. The monoisotopic (exact) mass is 308 g/mol. The van der Waals surface area contributed by atoms with Gasteiger partial charge in [0.25, 0.3) is 0 Å².